The average molecular weight is 342 g/mol. The summed E-state index contributed by atoms with van der Waals surface area (Å²) in [5.41, 5.74) is 0.924. The average Bonchev–Trinajstić information content (AvgIpc) is 2.82. The van der Waals surface area contributed by atoms with Crippen molar-refractivity contribution >= 4 is 10.8 Å². The van der Waals surface area contributed by atoms with Gasteiger partial charge in [-0.25, -0.2) is 0 Å². The van der Waals surface area contributed by atoms with E-state index < -0.39 is 0 Å². The Hall–Kier alpha value is -0.856. The number of hydrogen-bond acceptors (Lipinski definition) is 1. The van der Waals surface area contributed by atoms with Crippen LogP contribution in [0.5, 0.6) is 5.75 Å². The van der Waals surface area contributed by atoms with Crippen LogP contribution in [0.3, 0.4) is 0 Å². The van der Waals surface area contributed by atoms with Gasteiger partial charge in [-0.15, -0.1) is 29.7 Å². The molecule has 1 nitrogen and oxygen atoms in total. The number of rotatable bonds is 0. The van der Waals surface area contributed by atoms with Gasteiger partial charge in [-0.05, 0) is 18.6 Å². The van der Waals surface area contributed by atoms with Gasteiger partial charge < -0.3 is 29.9 Å². The molecule has 3 rings (SSSR count). The minimum absolute atomic E-state index is 0. The largest absolute Gasteiger partial charge is 3.00 e. The molecule has 0 saturated heterocycles. The summed E-state index contributed by atoms with van der Waals surface area (Å²) in [6.45, 7) is 1.87. The van der Waals surface area contributed by atoms with Gasteiger partial charge in [-0.2, -0.15) is 17.5 Å². The minimum Gasteiger partial charge on any atom is -1.00 e. The number of halogens is 2. The zero-order valence-electron chi connectivity index (χ0n) is 11.1. The van der Waals surface area contributed by atoms with E-state index in [0.717, 1.165) is 5.56 Å². The van der Waals surface area contributed by atoms with Crippen molar-refractivity contribution in [2.24, 2.45) is 0 Å². The molecule has 0 fully saturated rings. The summed E-state index contributed by atoms with van der Waals surface area (Å²) in [6.07, 6.45) is 0. The predicted octanol–water partition coefficient (Wildman–Crippen LogP) is -1.74. The second-order valence-electron chi connectivity index (χ2n) is 3.94. The number of para-hydroxylation sites is 1. The number of phenolic OH excluding ortho intramolecular Hbond substituents is 1. The smallest absolute Gasteiger partial charge is 1.00 e. The molecule has 0 aliphatic heterocycles. The van der Waals surface area contributed by atoms with Crippen molar-refractivity contribution in [2.45, 2.75) is 6.92 Å². The monoisotopic (exact) mass is 341 g/mol. The van der Waals surface area contributed by atoms with Gasteiger partial charge >= 0.3 is 21.7 Å². The summed E-state index contributed by atoms with van der Waals surface area (Å²) >= 11 is 0. The quantitative estimate of drug-likeness (QED) is 0.380. The van der Waals surface area contributed by atoms with Gasteiger partial charge in [0.2, 0.25) is 0 Å². The Balaban J connectivity index is 0. The number of phenols is 1. The van der Waals surface area contributed by atoms with Gasteiger partial charge in [-0.3, -0.25) is 0 Å². The first-order valence-corrected chi connectivity index (χ1v) is 5.62. The number of aryl methyl sites for hydroxylation is 1. The normalized spacial score (nSPS) is 8.25. The molecular formula is C16H15Cl2OTi. The number of aromatic hydroxyl groups is 1. The molecule has 103 valence electrons. The molecule has 0 aromatic heterocycles. The first-order valence-electron chi connectivity index (χ1n) is 5.62. The van der Waals surface area contributed by atoms with Crippen LogP contribution in [0, 0.1) is 6.92 Å². The molecule has 0 aliphatic rings. The van der Waals surface area contributed by atoms with E-state index >= 15 is 0 Å². The van der Waals surface area contributed by atoms with E-state index in [1.165, 1.54) is 10.8 Å². The molecule has 20 heavy (non-hydrogen) atoms. The molecule has 0 saturated carbocycles. The Morgan fingerprint density at radius 1 is 0.850 bits per heavy atom. The van der Waals surface area contributed by atoms with Gasteiger partial charge in [0.1, 0.15) is 5.75 Å². The van der Waals surface area contributed by atoms with Crippen molar-refractivity contribution in [3.63, 3.8) is 0 Å². The van der Waals surface area contributed by atoms with Crippen LogP contribution >= 0.6 is 0 Å². The summed E-state index contributed by atoms with van der Waals surface area (Å²) < 4.78 is 0. The second kappa shape index (κ2) is 10.9. The maximum absolute atomic E-state index is 8.92. The van der Waals surface area contributed by atoms with Crippen LogP contribution in [0.4, 0.5) is 0 Å². The molecule has 0 heterocycles. The first kappa shape index (κ1) is 21.4. The fraction of sp³-hybridized carbons (Fsp3) is 0.0625. The van der Waals surface area contributed by atoms with E-state index in [0.29, 0.717) is 5.75 Å². The third-order valence-corrected chi connectivity index (χ3v) is 2.66. The molecule has 0 atom stereocenters. The van der Waals surface area contributed by atoms with E-state index in [4.69, 9.17) is 5.11 Å². The van der Waals surface area contributed by atoms with Crippen LogP contribution in [0.15, 0.2) is 66.7 Å². The summed E-state index contributed by atoms with van der Waals surface area (Å²) in [5.74, 6) is 0.368. The molecular weight excluding hydrogens is 327 g/mol. The van der Waals surface area contributed by atoms with Crippen LogP contribution in [-0.2, 0) is 21.7 Å². The Morgan fingerprint density at radius 2 is 1.45 bits per heavy atom. The summed E-state index contributed by atoms with van der Waals surface area (Å²) in [5, 5.41) is 11.6. The Morgan fingerprint density at radius 3 is 2.00 bits per heavy atom. The van der Waals surface area contributed by atoms with Crippen LogP contribution in [0.25, 0.3) is 10.8 Å². The molecule has 0 bridgehead atoms. The topological polar surface area (TPSA) is 20.2 Å². The van der Waals surface area contributed by atoms with Gasteiger partial charge in [-0.1, -0.05) is 24.3 Å². The SMILES string of the molecule is Cc1ccccc1O.[Cl-].[Cl-].[Ti+3].c1ccc2[cH-]ccc2c1. The zero-order chi connectivity index (χ0) is 12.1. The maximum atomic E-state index is 8.92. The minimum atomic E-state index is 0. The summed E-state index contributed by atoms with van der Waals surface area (Å²) in [7, 11) is 0. The van der Waals surface area contributed by atoms with Crippen molar-refractivity contribution < 1.29 is 51.6 Å². The van der Waals surface area contributed by atoms with E-state index in [1.54, 1.807) is 6.07 Å². The standard InChI is InChI=1S/C9H7.C7H8O.2ClH.Ti/c1-2-5-9-7-3-6-8(9)4-1;1-6-4-2-3-5-7(6)8;;;/h1-7H;2-5,8H,1H3;2*1H;/q-1;;;;+3/p-2. The first-order chi connectivity index (χ1) is 8.27. The molecule has 1 N–H and O–H groups in total. The molecule has 0 unspecified atom stereocenters. The van der Waals surface area contributed by atoms with E-state index in [1.807, 2.05) is 25.1 Å². The third kappa shape index (κ3) is 6.06. The molecule has 3 aromatic rings. The second-order valence-corrected chi connectivity index (χ2v) is 3.94. The number of fused-ring (bicyclic) bond motifs is 1. The van der Waals surface area contributed by atoms with Crippen molar-refractivity contribution in [1.82, 2.24) is 0 Å². The molecule has 3 aromatic carbocycles. The van der Waals surface area contributed by atoms with E-state index in [9.17, 15) is 0 Å². The van der Waals surface area contributed by atoms with Crippen molar-refractivity contribution in [1.29, 1.82) is 0 Å². The maximum Gasteiger partial charge on any atom is 3.00 e. The van der Waals surface area contributed by atoms with Crippen LogP contribution in [-0.4, -0.2) is 5.11 Å². The van der Waals surface area contributed by atoms with Crippen LogP contribution in [0.1, 0.15) is 5.56 Å². The Labute approximate surface area is 147 Å². The van der Waals surface area contributed by atoms with Gasteiger partial charge in [0.05, 0.1) is 0 Å². The third-order valence-electron chi connectivity index (χ3n) is 2.66. The fourth-order valence-electron chi connectivity index (χ4n) is 1.63. The number of hydrogen-bond donors (Lipinski definition) is 1. The Bertz CT molecular complexity index is 557. The predicted molar refractivity (Wildman–Crippen MR) is 72.4 cm³/mol. The molecule has 1 radical (unpaired) electrons. The fourth-order valence-corrected chi connectivity index (χ4v) is 1.63. The Kier molecular flexibility index (Phi) is 11.7. The molecule has 4 heteroatoms. The summed E-state index contributed by atoms with van der Waals surface area (Å²) in [4.78, 5) is 0. The van der Waals surface area contributed by atoms with Gasteiger partial charge in [0, 0.05) is 0 Å². The molecule has 0 amide bonds. The van der Waals surface area contributed by atoms with Crippen LogP contribution < -0.4 is 24.8 Å². The van der Waals surface area contributed by atoms with Crippen LogP contribution in [0.2, 0.25) is 0 Å². The zero-order valence-corrected chi connectivity index (χ0v) is 14.1. The van der Waals surface area contributed by atoms with Crippen molar-refractivity contribution in [3.05, 3.63) is 72.3 Å². The molecule has 0 aliphatic carbocycles. The molecule has 0 spiro atoms. The number of benzene rings is 2. The van der Waals surface area contributed by atoms with Crippen molar-refractivity contribution in [3.8, 4) is 5.75 Å². The van der Waals surface area contributed by atoms with E-state index in [2.05, 4.69) is 42.5 Å². The van der Waals surface area contributed by atoms with Gasteiger partial charge in [0.15, 0.2) is 0 Å². The summed E-state index contributed by atoms with van der Waals surface area (Å²) in [6, 6.07) is 21.9. The van der Waals surface area contributed by atoms with E-state index in [-0.39, 0.29) is 46.5 Å². The van der Waals surface area contributed by atoms with Gasteiger partial charge in [0.25, 0.3) is 0 Å². The van der Waals surface area contributed by atoms with Crippen molar-refractivity contribution in [2.75, 3.05) is 0 Å².